The van der Waals surface area contributed by atoms with E-state index < -0.39 is 0 Å². The smallest absolute Gasteiger partial charge is 0.224 e. The summed E-state index contributed by atoms with van der Waals surface area (Å²) in [5.41, 5.74) is 4.29. The molecule has 26 heavy (non-hydrogen) atoms. The van der Waals surface area contributed by atoms with Crippen LogP contribution in [0.3, 0.4) is 0 Å². The first-order valence-corrected chi connectivity index (χ1v) is 9.30. The van der Waals surface area contributed by atoms with E-state index in [1.165, 1.54) is 5.56 Å². The summed E-state index contributed by atoms with van der Waals surface area (Å²) >= 11 is 1.64. The Morgan fingerprint density at radius 1 is 1.12 bits per heavy atom. The molecular weight excluding hydrogens is 344 g/mol. The number of hydrogen-bond acceptors (Lipinski definition) is 4. The van der Waals surface area contributed by atoms with Crippen molar-refractivity contribution in [1.29, 1.82) is 0 Å². The molecule has 0 fully saturated rings. The summed E-state index contributed by atoms with van der Waals surface area (Å²) in [6, 6.07) is 15.8. The SMILES string of the molecule is COc1ccc(CC(=O)NCc2sc(-c3ccccc3C)nc2C)cc1. The van der Waals surface area contributed by atoms with E-state index in [0.29, 0.717) is 13.0 Å². The molecule has 1 aromatic heterocycles. The van der Waals surface area contributed by atoms with E-state index in [4.69, 9.17) is 4.74 Å². The van der Waals surface area contributed by atoms with E-state index in [9.17, 15) is 4.79 Å². The number of rotatable bonds is 6. The molecule has 1 heterocycles. The highest BCUT2D eigenvalue weighted by Crippen LogP contribution is 2.30. The van der Waals surface area contributed by atoms with E-state index in [0.717, 1.165) is 32.5 Å². The molecule has 0 spiro atoms. The zero-order chi connectivity index (χ0) is 18.5. The molecule has 0 aliphatic carbocycles. The molecule has 3 rings (SSSR count). The third-order valence-corrected chi connectivity index (χ3v) is 5.43. The van der Waals surface area contributed by atoms with Crippen LogP contribution < -0.4 is 10.1 Å². The lowest BCUT2D eigenvalue weighted by Crippen LogP contribution is -2.24. The Morgan fingerprint density at radius 2 is 1.85 bits per heavy atom. The van der Waals surface area contributed by atoms with Gasteiger partial charge in [-0.3, -0.25) is 4.79 Å². The number of nitrogens with zero attached hydrogens (tertiary/aromatic N) is 1. The van der Waals surface area contributed by atoms with Crippen molar-refractivity contribution in [3.8, 4) is 16.3 Å². The van der Waals surface area contributed by atoms with Gasteiger partial charge in [0.2, 0.25) is 5.91 Å². The summed E-state index contributed by atoms with van der Waals surface area (Å²) in [5, 5.41) is 4.00. The molecule has 0 unspecified atom stereocenters. The van der Waals surface area contributed by atoms with Crippen molar-refractivity contribution in [1.82, 2.24) is 10.3 Å². The lowest BCUT2D eigenvalue weighted by Gasteiger charge is -2.05. The van der Waals surface area contributed by atoms with Gasteiger partial charge in [-0.1, -0.05) is 36.4 Å². The first kappa shape index (κ1) is 18.1. The van der Waals surface area contributed by atoms with Crippen LogP contribution in [-0.2, 0) is 17.8 Å². The molecule has 0 aliphatic heterocycles. The molecule has 0 saturated carbocycles. The summed E-state index contributed by atoms with van der Waals surface area (Å²) in [6.07, 6.45) is 0.354. The van der Waals surface area contributed by atoms with Crippen molar-refractivity contribution in [3.63, 3.8) is 0 Å². The number of thiazole rings is 1. The third-order valence-electron chi connectivity index (χ3n) is 4.24. The number of carbonyl (C=O) groups excluding carboxylic acids is 1. The fraction of sp³-hybridized carbons (Fsp3) is 0.238. The molecule has 1 N–H and O–H groups in total. The number of aromatic nitrogens is 1. The van der Waals surface area contributed by atoms with Crippen LogP contribution in [0, 0.1) is 13.8 Å². The molecule has 134 valence electrons. The second kappa shape index (κ2) is 8.15. The Bertz CT molecular complexity index is 901. The Hall–Kier alpha value is -2.66. The molecule has 5 heteroatoms. The summed E-state index contributed by atoms with van der Waals surface area (Å²) in [4.78, 5) is 18.0. The van der Waals surface area contributed by atoms with Gasteiger partial charge in [-0.25, -0.2) is 4.98 Å². The van der Waals surface area contributed by atoms with E-state index in [1.54, 1.807) is 18.4 Å². The van der Waals surface area contributed by atoms with E-state index >= 15 is 0 Å². The summed E-state index contributed by atoms with van der Waals surface area (Å²) < 4.78 is 5.13. The Kier molecular flexibility index (Phi) is 5.68. The number of hydrogen-bond donors (Lipinski definition) is 1. The lowest BCUT2D eigenvalue weighted by molar-refractivity contribution is -0.120. The summed E-state index contributed by atoms with van der Waals surface area (Å²) in [6.45, 7) is 4.58. The zero-order valence-electron chi connectivity index (χ0n) is 15.2. The van der Waals surface area contributed by atoms with Gasteiger partial charge in [-0.2, -0.15) is 0 Å². The highest BCUT2D eigenvalue weighted by Gasteiger charge is 2.12. The number of aryl methyl sites for hydroxylation is 2. The maximum absolute atomic E-state index is 12.2. The average Bonchev–Trinajstić information content (AvgIpc) is 3.01. The van der Waals surface area contributed by atoms with Gasteiger partial charge < -0.3 is 10.1 Å². The lowest BCUT2D eigenvalue weighted by atomic mass is 10.1. The van der Waals surface area contributed by atoms with Crippen molar-refractivity contribution < 1.29 is 9.53 Å². The molecule has 0 aliphatic rings. The van der Waals surface area contributed by atoms with Gasteiger partial charge in [0.15, 0.2) is 0 Å². The third kappa shape index (κ3) is 4.29. The van der Waals surface area contributed by atoms with Crippen molar-refractivity contribution in [2.24, 2.45) is 0 Å². The molecule has 0 atom stereocenters. The molecular formula is C21H22N2O2S. The average molecular weight is 366 g/mol. The molecule has 0 radical (unpaired) electrons. The van der Waals surface area contributed by atoms with Crippen LogP contribution in [0.1, 0.15) is 21.7 Å². The number of nitrogens with one attached hydrogen (secondary N) is 1. The number of methoxy groups -OCH3 is 1. The van der Waals surface area contributed by atoms with Gasteiger partial charge in [0.05, 0.1) is 25.8 Å². The van der Waals surface area contributed by atoms with Crippen LogP contribution in [-0.4, -0.2) is 18.0 Å². The van der Waals surface area contributed by atoms with E-state index in [1.807, 2.05) is 43.3 Å². The number of amides is 1. The van der Waals surface area contributed by atoms with Gasteiger partial charge >= 0.3 is 0 Å². The van der Waals surface area contributed by atoms with Crippen LogP contribution in [0.25, 0.3) is 10.6 Å². The Labute approximate surface area is 157 Å². The quantitative estimate of drug-likeness (QED) is 0.708. The monoisotopic (exact) mass is 366 g/mol. The van der Waals surface area contributed by atoms with Gasteiger partial charge in [-0.15, -0.1) is 11.3 Å². The molecule has 0 bridgehead atoms. The summed E-state index contributed by atoms with van der Waals surface area (Å²) in [7, 11) is 1.63. The predicted molar refractivity (Wildman–Crippen MR) is 106 cm³/mol. The van der Waals surface area contributed by atoms with Crippen LogP contribution in [0.5, 0.6) is 5.75 Å². The molecule has 4 nitrogen and oxygen atoms in total. The largest absolute Gasteiger partial charge is 0.497 e. The van der Waals surface area contributed by atoms with E-state index in [2.05, 4.69) is 29.4 Å². The first-order valence-electron chi connectivity index (χ1n) is 8.48. The van der Waals surface area contributed by atoms with Crippen molar-refractivity contribution in [2.45, 2.75) is 26.8 Å². The second-order valence-corrected chi connectivity index (χ2v) is 7.23. The minimum atomic E-state index is 0.000378. The van der Waals surface area contributed by atoms with E-state index in [-0.39, 0.29) is 5.91 Å². The van der Waals surface area contributed by atoms with Gasteiger partial charge in [0.1, 0.15) is 10.8 Å². The van der Waals surface area contributed by atoms with Crippen molar-refractivity contribution in [2.75, 3.05) is 7.11 Å². The highest BCUT2D eigenvalue weighted by molar-refractivity contribution is 7.15. The Morgan fingerprint density at radius 3 is 2.54 bits per heavy atom. The van der Waals surface area contributed by atoms with Crippen LogP contribution >= 0.6 is 11.3 Å². The van der Waals surface area contributed by atoms with Crippen molar-refractivity contribution >= 4 is 17.2 Å². The number of ether oxygens (including phenoxy) is 1. The fourth-order valence-corrected chi connectivity index (χ4v) is 3.78. The number of carbonyl (C=O) groups is 1. The van der Waals surface area contributed by atoms with Gasteiger partial charge in [-0.05, 0) is 37.1 Å². The normalized spacial score (nSPS) is 10.6. The van der Waals surface area contributed by atoms with Crippen LogP contribution in [0.15, 0.2) is 48.5 Å². The first-order chi connectivity index (χ1) is 12.6. The topological polar surface area (TPSA) is 51.2 Å². The van der Waals surface area contributed by atoms with Gasteiger partial charge in [0.25, 0.3) is 0 Å². The fourth-order valence-electron chi connectivity index (χ4n) is 2.69. The van der Waals surface area contributed by atoms with Crippen molar-refractivity contribution in [3.05, 3.63) is 70.2 Å². The minimum absolute atomic E-state index is 0.000378. The zero-order valence-corrected chi connectivity index (χ0v) is 16.0. The highest BCUT2D eigenvalue weighted by atomic mass is 32.1. The molecule has 2 aromatic carbocycles. The summed E-state index contributed by atoms with van der Waals surface area (Å²) in [5.74, 6) is 0.790. The van der Waals surface area contributed by atoms with Crippen LogP contribution in [0.4, 0.5) is 0 Å². The molecule has 1 amide bonds. The second-order valence-electron chi connectivity index (χ2n) is 6.14. The van der Waals surface area contributed by atoms with Gasteiger partial charge in [0, 0.05) is 10.4 Å². The minimum Gasteiger partial charge on any atom is -0.497 e. The predicted octanol–water partition coefficient (Wildman–Crippen LogP) is 4.29. The Balaban J connectivity index is 1.62. The molecule has 3 aromatic rings. The number of benzene rings is 2. The molecule has 0 saturated heterocycles. The van der Waals surface area contributed by atoms with Crippen LogP contribution in [0.2, 0.25) is 0 Å². The standard InChI is InChI=1S/C21H22N2O2S/c1-14-6-4-5-7-18(14)21-23-15(2)19(26-21)13-22-20(24)12-16-8-10-17(25-3)11-9-16/h4-11H,12-13H2,1-3H3,(H,22,24). The maximum Gasteiger partial charge on any atom is 0.224 e. The maximum atomic E-state index is 12.2.